The molecule has 0 saturated heterocycles. The molecule has 0 saturated carbocycles. The third-order valence-corrected chi connectivity index (χ3v) is 8.92. The first kappa shape index (κ1) is 50.6. The van der Waals surface area contributed by atoms with E-state index in [0.717, 1.165) is 50.9 Å². The lowest BCUT2D eigenvalue weighted by Gasteiger charge is -2.20. The van der Waals surface area contributed by atoms with Gasteiger partial charge in [-0.15, -0.1) is 0 Å². The zero-order valence-corrected chi connectivity index (χ0v) is 33.6. The standard InChI is InChI=1S/C41H71O11P/c1-4-5-6-7-8-9-10-11-12-15-18-21-24-28-37(43)29-26-31-40(45)49-34-39(35-51-53(47,48)50-33-38(44)32-42)52-41(46)30-25-22-19-16-13-14-17-20-23-27-36(2)3/h5-6,8-9,11-12,18,21,24,28,36-39,42-44H,4,7,10,13-17,19-20,22-23,25-27,29-35H2,1-3H3,(H,47,48)/b6-5-,9-8-,12-11-,21-18-,28-24+/t37?,38-,39+/m0/s1. The maximum absolute atomic E-state index is 12.6. The predicted octanol–water partition coefficient (Wildman–Crippen LogP) is 8.77. The molecule has 0 aromatic heterocycles. The van der Waals surface area contributed by atoms with Crippen molar-refractivity contribution in [3.05, 3.63) is 60.8 Å². The summed E-state index contributed by atoms with van der Waals surface area (Å²) in [6.45, 7) is 4.29. The fraction of sp³-hybridized carbons (Fsp3) is 0.707. The smallest absolute Gasteiger partial charge is 0.462 e. The maximum atomic E-state index is 12.6. The first-order valence-corrected chi connectivity index (χ1v) is 21.2. The van der Waals surface area contributed by atoms with Crippen molar-refractivity contribution in [3.63, 3.8) is 0 Å². The van der Waals surface area contributed by atoms with Gasteiger partial charge in [0.05, 0.1) is 25.9 Å². The quantitative estimate of drug-likeness (QED) is 0.0160. The highest BCUT2D eigenvalue weighted by Gasteiger charge is 2.27. The van der Waals surface area contributed by atoms with Crippen LogP contribution in [0.1, 0.15) is 136 Å². The topological polar surface area (TPSA) is 169 Å². The molecule has 4 atom stereocenters. The van der Waals surface area contributed by atoms with E-state index in [4.69, 9.17) is 19.1 Å². The van der Waals surface area contributed by atoms with Gasteiger partial charge in [-0.1, -0.05) is 139 Å². The number of hydrogen-bond acceptors (Lipinski definition) is 10. The molecule has 2 unspecified atom stereocenters. The van der Waals surface area contributed by atoms with E-state index in [1.54, 1.807) is 12.2 Å². The van der Waals surface area contributed by atoms with Gasteiger partial charge in [0.2, 0.25) is 0 Å². The second-order valence-corrected chi connectivity index (χ2v) is 15.1. The highest BCUT2D eigenvalue weighted by molar-refractivity contribution is 7.47. The Balaban J connectivity index is 4.56. The summed E-state index contributed by atoms with van der Waals surface area (Å²) in [5.74, 6) is -0.377. The minimum absolute atomic E-state index is 0.00892. The number of aliphatic hydroxyl groups is 3. The molecule has 306 valence electrons. The third kappa shape index (κ3) is 36.4. The van der Waals surface area contributed by atoms with E-state index in [0.29, 0.717) is 19.3 Å². The van der Waals surface area contributed by atoms with E-state index in [-0.39, 0.29) is 12.8 Å². The van der Waals surface area contributed by atoms with Crippen LogP contribution in [0.5, 0.6) is 0 Å². The Morgan fingerprint density at radius 3 is 1.81 bits per heavy atom. The van der Waals surface area contributed by atoms with Gasteiger partial charge in [0.1, 0.15) is 12.7 Å². The van der Waals surface area contributed by atoms with Gasteiger partial charge in [-0.25, -0.2) is 4.57 Å². The summed E-state index contributed by atoms with van der Waals surface area (Å²) in [6.07, 6.45) is 32.4. The minimum Gasteiger partial charge on any atom is -0.462 e. The number of allylic oxidation sites excluding steroid dienone is 9. The van der Waals surface area contributed by atoms with Crippen LogP contribution in [0.25, 0.3) is 0 Å². The highest BCUT2D eigenvalue weighted by atomic mass is 31.2. The van der Waals surface area contributed by atoms with Crippen LogP contribution in [0.2, 0.25) is 0 Å². The van der Waals surface area contributed by atoms with Crippen molar-refractivity contribution in [1.82, 2.24) is 0 Å². The van der Waals surface area contributed by atoms with Crippen molar-refractivity contribution >= 4 is 19.8 Å². The van der Waals surface area contributed by atoms with Crippen LogP contribution in [0.3, 0.4) is 0 Å². The number of ether oxygens (including phenoxy) is 2. The van der Waals surface area contributed by atoms with Crippen molar-refractivity contribution < 1.29 is 52.9 Å². The van der Waals surface area contributed by atoms with E-state index in [1.165, 1.54) is 38.5 Å². The Bertz CT molecular complexity index is 1100. The number of aliphatic hydroxyl groups excluding tert-OH is 3. The molecule has 0 bridgehead atoms. The summed E-state index contributed by atoms with van der Waals surface area (Å²) >= 11 is 0. The first-order valence-electron chi connectivity index (χ1n) is 19.7. The van der Waals surface area contributed by atoms with Crippen molar-refractivity contribution in [2.24, 2.45) is 5.92 Å². The molecule has 4 N–H and O–H groups in total. The Labute approximate surface area is 319 Å². The molecule has 0 aromatic rings. The Morgan fingerprint density at radius 1 is 0.660 bits per heavy atom. The summed E-state index contributed by atoms with van der Waals surface area (Å²) in [5, 5.41) is 28.5. The summed E-state index contributed by atoms with van der Waals surface area (Å²) in [4.78, 5) is 34.9. The molecular weight excluding hydrogens is 699 g/mol. The molecule has 0 aliphatic heterocycles. The van der Waals surface area contributed by atoms with Crippen molar-refractivity contribution in [2.75, 3.05) is 26.4 Å². The largest absolute Gasteiger partial charge is 0.472 e. The summed E-state index contributed by atoms with van der Waals surface area (Å²) in [5.41, 5.74) is 0. The van der Waals surface area contributed by atoms with Crippen LogP contribution in [0.4, 0.5) is 0 Å². The number of carbonyl (C=O) groups excluding carboxylic acids is 2. The fourth-order valence-corrected chi connectivity index (χ4v) is 5.70. The van der Waals surface area contributed by atoms with Crippen LogP contribution < -0.4 is 0 Å². The van der Waals surface area contributed by atoms with Gasteiger partial charge < -0.3 is 29.7 Å². The zero-order chi connectivity index (χ0) is 39.4. The Hall–Kier alpha value is -2.37. The molecule has 11 nitrogen and oxygen atoms in total. The van der Waals surface area contributed by atoms with Crippen LogP contribution >= 0.6 is 7.82 Å². The number of esters is 2. The number of rotatable bonds is 35. The van der Waals surface area contributed by atoms with Gasteiger partial charge in [-0.2, -0.15) is 0 Å². The number of unbranched alkanes of at least 4 members (excludes halogenated alkanes) is 8. The molecule has 0 rings (SSSR count). The van der Waals surface area contributed by atoms with Gasteiger partial charge in [0, 0.05) is 12.8 Å². The van der Waals surface area contributed by atoms with E-state index in [1.807, 2.05) is 12.2 Å². The molecular formula is C41H71O11P. The second-order valence-electron chi connectivity index (χ2n) is 13.6. The Morgan fingerprint density at radius 2 is 1.21 bits per heavy atom. The number of carbonyl (C=O) groups is 2. The number of phosphoric ester groups is 1. The van der Waals surface area contributed by atoms with Gasteiger partial charge in [0.25, 0.3) is 0 Å². The molecule has 0 spiro atoms. The van der Waals surface area contributed by atoms with Gasteiger partial charge >= 0.3 is 19.8 Å². The van der Waals surface area contributed by atoms with E-state index >= 15 is 0 Å². The average Bonchev–Trinajstić information content (AvgIpc) is 3.12. The van der Waals surface area contributed by atoms with Crippen molar-refractivity contribution in [2.45, 2.75) is 155 Å². The van der Waals surface area contributed by atoms with Gasteiger partial charge in [-0.3, -0.25) is 18.6 Å². The maximum Gasteiger partial charge on any atom is 0.472 e. The molecule has 0 radical (unpaired) electrons. The van der Waals surface area contributed by atoms with Crippen LogP contribution in [0.15, 0.2) is 60.8 Å². The summed E-state index contributed by atoms with van der Waals surface area (Å²) < 4.78 is 32.5. The summed E-state index contributed by atoms with van der Waals surface area (Å²) in [6, 6.07) is 0. The van der Waals surface area contributed by atoms with E-state index in [9.17, 15) is 29.3 Å². The van der Waals surface area contributed by atoms with Gasteiger partial charge in [0.15, 0.2) is 6.10 Å². The first-order chi connectivity index (χ1) is 25.5. The molecule has 0 aliphatic rings. The molecule has 0 heterocycles. The second kappa shape index (κ2) is 35.3. The average molecular weight is 771 g/mol. The monoisotopic (exact) mass is 770 g/mol. The highest BCUT2D eigenvalue weighted by Crippen LogP contribution is 2.43. The number of phosphoric acid groups is 1. The molecule has 12 heteroatoms. The van der Waals surface area contributed by atoms with Crippen molar-refractivity contribution in [3.8, 4) is 0 Å². The van der Waals surface area contributed by atoms with Crippen molar-refractivity contribution in [1.29, 1.82) is 0 Å². The molecule has 53 heavy (non-hydrogen) atoms. The fourth-order valence-electron chi connectivity index (χ4n) is 4.91. The third-order valence-electron chi connectivity index (χ3n) is 7.97. The Kier molecular flexibility index (Phi) is 33.8. The molecule has 0 amide bonds. The predicted molar refractivity (Wildman–Crippen MR) is 211 cm³/mol. The molecule has 0 aliphatic carbocycles. The lowest BCUT2D eigenvalue weighted by atomic mass is 10.0. The lowest BCUT2D eigenvalue weighted by molar-refractivity contribution is -0.161. The van der Waals surface area contributed by atoms with E-state index in [2.05, 4.69) is 61.8 Å². The lowest BCUT2D eigenvalue weighted by Crippen LogP contribution is -2.30. The normalized spacial score (nSPS) is 15.3. The van der Waals surface area contributed by atoms with E-state index < -0.39 is 64.5 Å². The zero-order valence-electron chi connectivity index (χ0n) is 32.7. The van der Waals surface area contributed by atoms with Crippen LogP contribution in [-0.4, -0.2) is 76.9 Å². The van der Waals surface area contributed by atoms with Crippen LogP contribution in [-0.2, 0) is 32.7 Å². The minimum atomic E-state index is -4.66. The van der Waals surface area contributed by atoms with Gasteiger partial charge in [-0.05, 0) is 50.9 Å². The molecule has 0 fully saturated rings. The SMILES string of the molecule is CC/C=C\C/C=C\C/C=C\C/C=C\C=C\C(O)CCCC(=O)OC[C@H](COP(=O)(O)OC[C@@H](O)CO)OC(=O)CCCCCCCCCCCC(C)C. The molecule has 0 aromatic carbocycles. The number of hydrogen-bond donors (Lipinski definition) is 4. The van der Waals surface area contributed by atoms with Crippen LogP contribution in [0, 0.1) is 5.92 Å². The summed E-state index contributed by atoms with van der Waals surface area (Å²) in [7, 11) is -4.66.